The Morgan fingerprint density at radius 3 is 2.42 bits per heavy atom. The highest BCUT2D eigenvalue weighted by Crippen LogP contribution is 2.29. The molecule has 1 aromatic carbocycles. The van der Waals surface area contributed by atoms with E-state index in [4.69, 9.17) is 9.26 Å². The fourth-order valence-corrected chi connectivity index (χ4v) is 4.08. The largest absolute Gasteiger partial charge is 0.493 e. The number of aromatic nitrogens is 4. The van der Waals surface area contributed by atoms with E-state index in [1.807, 2.05) is 13.8 Å². The molecule has 3 aromatic rings. The summed E-state index contributed by atoms with van der Waals surface area (Å²) in [5, 5.41) is 3.69. The second-order valence-electron chi connectivity index (χ2n) is 8.50. The number of hydrogen-bond acceptors (Lipinski definition) is 7. The third-order valence-corrected chi connectivity index (χ3v) is 6.11. The molecule has 33 heavy (non-hydrogen) atoms. The zero-order valence-corrected chi connectivity index (χ0v) is 20.2. The molecule has 1 fully saturated rings. The summed E-state index contributed by atoms with van der Waals surface area (Å²) in [5.41, 5.74) is -0.306. The molecule has 0 amide bonds. The summed E-state index contributed by atoms with van der Waals surface area (Å²) in [7, 11) is 0. The first-order valence-electron chi connectivity index (χ1n) is 11.1. The van der Waals surface area contributed by atoms with Gasteiger partial charge >= 0.3 is 0 Å². The average Bonchev–Trinajstić information content (AvgIpc) is 3.27. The third kappa shape index (κ3) is 5.85. The Hall–Kier alpha value is -2.62. The minimum atomic E-state index is -0.774. The minimum absolute atomic E-state index is 0.0266. The summed E-state index contributed by atoms with van der Waals surface area (Å²) >= 11 is 3.35. The summed E-state index contributed by atoms with van der Waals surface area (Å²) in [6.07, 6.45) is 7.44. The van der Waals surface area contributed by atoms with Crippen LogP contribution in [0, 0.1) is 17.6 Å². The first-order valence-corrected chi connectivity index (χ1v) is 11.9. The molecule has 2 aromatic heterocycles. The van der Waals surface area contributed by atoms with Crippen LogP contribution in [-0.2, 0) is 0 Å². The second-order valence-corrected chi connectivity index (χ2v) is 9.41. The zero-order valence-electron chi connectivity index (χ0n) is 18.6. The van der Waals surface area contributed by atoms with Crippen LogP contribution in [0.5, 0.6) is 5.75 Å². The lowest BCUT2D eigenvalue weighted by Crippen LogP contribution is -2.34. The van der Waals surface area contributed by atoms with Crippen molar-refractivity contribution < 1.29 is 18.0 Å². The molecule has 7 nitrogen and oxygen atoms in total. The van der Waals surface area contributed by atoms with Crippen molar-refractivity contribution in [2.75, 3.05) is 24.6 Å². The zero-order chi connectivity index (χ0) is 23.4. The fourth-order valence-electron chi connectivity index (χ4n) is 3.87. The summed E-state index contributed by atoms with van der Waals surface area (Å²) in [6.45, 7) is 5.95. The molecule has 0 radical (unpaired) electrons. The molecule has 10 heteroatoms. The molecule has 1 saturated heterocycles. The van der Waals surface area contributed by atoms with Gasteiger partial charge in [0.15, 0.2) is 0 Å². The van der Waals surface area contributed by atoms with Gasteiger partial charge in [0.2, 0.25) is 17.7 Å². The van der Waals surface area contributed by atoms with Crippen LogP contribution in [0.15, 0.2) is 33.5 Å². The number of rotatable bonds is 8. The Kier molecular flexibility index (Phi) is 7.52. The lowest BCUT2D eigenvalue weighted by Gasteiger charge is -2.32. The van der Waals surface area contributed by atoms with Crippen LogP contribution in [-0.4, -0.2) is 39.8 Å². The van der Waals surface area contributed by atoms with Gasteiger partial charge in [0, 0.05) is 43.5 Å². The SMILES string of the molecule is CC(C)c1nc(-c2c(F)cc(OCCCC3CCN(c4ncc(Br)cn4)CC3)cc2F)no1. The molecule has 0 atom stereocenters. The monoisotopic (exact) mass is 521 g/mol. The van der Waals surface area contributed by atoms with Gasteiger partial charge in [-0.3, -0.25) is 0 Å². The number of nitrogens with zero attached hydrogens (tertiary/aromatic N) is 5. The molecule has 4 rings (SSSR count). The predicted octanol–water partition coefficient (Wildman–Crippen LogP) is 5.77. The standard InChI is InChI=1S/C23H26BrF2N5O2/c1-14(2)22-29-21(30-33-22)20-18(25)10-17(11-19(20)26)32-9-3-4-15-5-7-31(8-6-15)23-27-12-16(24)13-28-23/h10-15H,3-9H2,1-2H3. The van der Waals surface area contributed by atoms with Crippen molar-refractivity contribution in [3.05, 3.63) is 46.5 Å². The van der Waals surface area contributed by atoms with E-state index in [0.29, 0.717) is 18.4 Å². The van der Waals surface area contributed by atoms with E-state index >= 15 is 0 Å². The van der Waals surface area contributed by atoms with Crippen LogP contribution in [0.1, 0.15) is 51.3 Å². The molecule has 0 bridgehead atoms. The Balaban J connectivity index is 1.24. The number of piperidine rings is 1. The van der Waals surface area contributed by atoms with E-state index in [2.05, 4.69) is 40.9 Å². The van der Waals surface area contributed by atoms with Gasteiger partial charge in [-0.2, -0.15) is 4.98 Å². The van der Waals surface area contributed by atoms with Crippen molar-refractivity contribution in [1.82, 2.24) is 20.1 Å². The van der Waals surface area contributed by atoms with Crippen molar-refractivity contribution >= 4 is 21.9 Å². The Morgan fingerprint density at radius 2 is 1.82 bits per heavy atom. The van der Waals surface area contributed by atoms with Crippen LogP contribution in [0.4, 0.5) is 14.7 Å². The fraction of sp³-hybridized carbons (Fsp3) is 0.478. The Morgan fingerprint density at radius 1 is 1.15 bits per heavy atom. The maximum Gasteiger partial charge on any atom is 0.229 e. The van der Waals surface area contributed by atoms with Crippen LogP contribution < -0.4 is 9.64 Å². The highest BCUT2D eigenvalue weighted by Gasteiger charge is 2.22. The van der Waals surface area contributed by atoms with Gasteiger partial charge in [0.05, 0.1) is 16.6 Å². The van der Waals surface area contributed by atoms with Gasteiger partial charge in [-0.1, -0.05) is 19.0 Å². The van der Waals surface area contributed by atoms with Gasteiger partial charge in [-0.25, -0.2) is 18.7 Å². The third-order valence-electron chi connectivity index (χ3n) is 5.70. The number of ether oxygens (including phenoxy) is 1. The van der Waals surface area contributed by atoms with E-state index in [9.17, 15) is 8.78 Å². The average molecular weight is 522 g/mol. The van der Waals surface area contributed by atoms with Gasteiger partial charge in [-0.15, -0.1) is 0 Å². The molecule has 1 aliphatic heterocycles. The molecule has 0 spiro atoms. The molecule has 0 aliphatic carbocycles. The van der Waals surface area contributed by atoms with Crippen molar-refractivity contribution in [2.24, 2.45) is 5.92 Å². The van der Waals surface area contributed by atoms with Crippen molar-refractivity contribution in [2.45, 2.75) is 45.4 Å². The highest BCUT2D eigenvalue weighted by atomic mass is 79.9. The van der Waals surface area contributed by atoms with Gasteiger partial charge in [0.25, 0.3) is 0 Å². The minimum Gasteiger partial charge on any atom is -0.493 e. The topological polar surface area (TPSA) is 77.2 Å². The van der Waals surface area contributed by atoms with Crippen LogP contribution in [0.3, 0.4) is 0 Å². The molecule has 0 unspecified atom stereocenters. The summed E-state index contributed by atoms with van der Waals surface area (Å²) in [6, 6.07) is 2.33. The van der Waals surface area contributed by atoms with E-state index in [1.54, 1.807) is 12.4 Å². The second kappa shape index (κ2) is 10.5. The summed E-state index contributed by atoms with van der Waals surface area (Å²) < 4.78 is 40.6. The predicted molar refractivity (Wildman–Crippen MR) is 123 cm³/mol. The van der Waals surface area contributed by atoms with Gasteiger partial charge in [-0.05, 0) is 47.5 Å². The van der Waals surface area contributed by atoms with Crippen LogP contribution in [0.25, 0.3) is 11.4 Å². The van der Waals surface area contributed by atoms with Crippen molar-refractivity contribution in [3.63, 3.8) is 0 Å². The number of benzene rings is 1. The normalized spacial score (nSPS) is 14.8. The quantitative estimate of drug-likeness (QED) is 0.348. The maximum atomic E-state index is 14.5. The Labute approximate surface area is 199 Å². The molecule has 176 valence electrons. The molecule has 1 aliphatic rings. The molecule has 0 saturated carbocycles. The van der Waals surface area contributed by atoms with E-state index in [-0.39, 0.29) is 23.1 Å². The first-order chi connectivity index (χ1) is 15.9. The smallest absolute Gasteiger partial charge is 0.229 e. The van der Waals surface area contributed by atoms with Crippen molar-refractivity contribution in [3.8, 4) is 17.1 Å². The summed E-state index contributed by atoms with van der Waals surface area (Å²) in [5.74, 6) is 0.162. The molecular weight excluding hydrogens is 496 g/mol. The molecular formula is C23H26BrF2N5O2. The first kappa shape index (κ1) is 23.5. The van der Waals surface area contributed by atoms with Crippen molar-refractivity contribution in [1.29, 1.82) is 0 Å². The van der Waals surface area contributed by atoms with Crippen LogP contribution >= 0.6 is 15.9 Å². The van der Waals surface area contributed by atoms with Gasteiger partial charge in [0.1, 0.15) is 17.4 Å². The lowest BCUT2D eigenvalue weighted by molar-refractivity contribution is 0.277. The Bertz CT molecular complexity index is 1050. The van der Waals surface area contributed by atoms with Gasteiger partial charge < -0.3 is 14.2 Å². The number of halogens is 3. The number of anilines is 1. The number of hydrogen-bond donors (Lipinski definition) is 0. The summed E-state index contributed by atoms with van der Waals surface area (Å²) in [4.78, 5) is 15.0. The molecule has 0 N–H and O–H groups in total. The maximum absolute atomic E-state index is 14.5. The van der Waals surface area contributed by atoms with E-state index < -0.39 is 11.6 Å². The van der Waals surface area contributed by atoms with Crippen LogP contribution in [0.2, 0.25) is 0 Å². The highest BCUT2D eigenvalue weighted by molar-refractivity contribution is 9.10. The lowest BCUT2D eigenvalue weighted by atomic mass is 9.92. The molecule has 3 heterocycles. The van der Waals surface area contributed by atoms with E-state index in [1.165, 1.54) is 12.1 Å². The van der Waals surface area contributed by atoms with E-state index in [0.717, 1.165) is 49.2 Å².